The van der Waals surface area contributed by atoms with Gasteiger partial charge in [-0.05, 0) is 36.6 Å². The zero-order valence-electron chi connectivity index (χ0n) is 14.6. The van der Waals surface area contributed by atoms with Crippen molar-refractivity contribution in [1.82, 2.24) is 15.1 Å². The predicted molar refractivity (Wildman–Crippen MR) is 95.9 cm³/mol. The highest BCUT2D eigenvalue weighted by molar-refractivity contribution is 5.91. The molecule has 26 heavy (non-hydrogen) atoms. The molecule has 6 nitrogen and oxygen atoms in total. The zero-order valence-corrected chi connectivity index (χ0v) is 14.6. The summed E-state index contributed by atoms with van der Waals surface area (Å²) in [6.07, 6.45) is 2.68. The van der Waals surface area contributed by atoms with E-state index in [9.17, 15) is 4.79 Å². The van der Waals surface area contributed by atoms with Crippen molar-refractivity contribution in [1.29, 1.82) is 0 Å². The normalized spacial score (nSPS) is 16.3. The van der Waals surface area contributed by atoms with Gasteiger partial charge in [-0.3, -0.25) is 9.48 Å². The van der Waals surface area contributed by atoms with E-state index in [4.69, 9.17) is 14.3 Å². The largest absolute Gasteiger partial charge is 0.456 e. The van der Waals surface area contributed by atoms with E-state index >= 15 is 0 Å². The molecule has 0 radical (unpaired) electrons. The molecular formula is C20H21N3O3. The van der Waals surface area contributed by atoms with E-state index < -0.39 is 0 Å². The Kier molecular flexibility index (Phi) is 4.58. The van der Waals surface area contributed by atoms with Gasteiger partial charge < -0.3 is 14.5 Å². The number of aryl methyl sites for hydroxylation is 1. The molecule has 1 N–H and O–H groups in total. The van der Waals surface area contributed by atoms with Crippen molar-refractivity contribution in [2.75, 3.05) is 13.2 Å². The molecule has 3 aromatic rings. The number of furan rings is 1. The van der Waals surface area contributed by atoms with Crippen molar-refractivity contribution in [3.8, 4) is 0 Å². The lowest BCUT2D eigenvalue weighted by Gasteiger charge is -2.22. The first-order valence-electron chi connectivity index (χ1n) is 8.75. The summed E-state index contributed by atoms with van der Waals surface area (Å²) in [5, 5.41) is 7.57. The van der Waals surface area contributed by atoms with Gasteiger partial charge in [0.2, 0.25) is 0 Å². The lowest BCUT2D eigenvalue weighted by molar-refractivity contribution is 0.0380. The summed E-state index contributed by atoms with van der Waals surface area (Å²) in [6, 6.07) is 13.7. The number of fused-ring (bicyclic) bond motifs is 1. The fraction of sp³-hybridized carbons (Fsp3) is 0.300. The SMILES string of the molecule is Cc1ccc(C(=O)NCC2OCCc3cn(Cc4ccccc4)nc32)o1. The molecule has 1 amide bonds. The molecular weight excluding hydrogens is 330 g/mol. The van der Waals surface area contributed by atoms with Crippen molar-refractivity contribution in [3.05, 3.63) is 77.0 Å². The molecule has 0 saturated heterocycles. The molecule has 0 saturated carbocycles. The molecule has 1 aliphatic heterocycles. The van der Waals surface area contributed by atoms with Crippen molar-refractivity contribution < 1.29 is 13.9 Å². The number of hydrogen-bond donors (Lipinski definition) is 1. The van der Waals surface area contributed by atoms with E-state index in [1.54, 1.807) is 12.1 Å². The van der Waals surface area contributed by atoms with Gasteiger partial charge in [0.25, 0.3) is 5.91 Å². The van der Waals surface area contributed by atoms with Crippen LogP contribution >= 0.6 is 0 Å². The summed E-state index contributed by atoms with van der Waals surface area (Å²) >= 11 is 0. The number of benzene rings is 1. The summed E-state index contributed by atoms with van der Waals surface area (Å²) in [7, 11) is 0. The van der Waals surface area contributed by atoms with Crippen LogP contribution in [-0.4, -0.2) is 28.8 Å². The summed E-state index contributed by atoms with van der Waals surface area (Å²) in [4.78, 5) is 12.2. The van der Waals surface area contributed by atoms with Gasteiger partial charge in [-0.1, -0.05) is 30.3 Å². The smallest absolute Gasteiger partial charge is 0.287 e. The van der Waals surface area contributed by atoms with Crippen LogP contribution in [0.15, 0.2) is 53.1 Å². The Labute approximate surface area is 151 Å². The number of ether oxygens (including phenoxy) is 1. The van der Waals surface area contributed by atoms with Gasteiger partial charge in [0.05, 0.1) is 18.8 Å². The third kappa shape index (κ3) is 3.55. The van der Waals surface area contributed by atoms with E-state index in [1.165, 1.54) is 11.1 Å². The predicted octanol–water partition coefficient (Wildman–Crippen LogP) is 2.88. The Hall–Kier alpha value is -2.86. The minimum absolute atomic E-state index is 0.238. The minimum atomic E-state index is -0.240. The van der Waals surface area contributed by atoms with Gasteiger partial charge in [0.15, 0.2) is 5.76 Å². The van der Waals surface area contributed by atoms with E-state index in [1.807, 2.05) is 29.8 Å². The minimum Gasteiger partial charge on any atom is -0.456 e. The maximum atomic E-state index is 12.2. The van der Waals surface area contributed by atoms with Gasteiger partial charge in [0, 0.05) is 12.7 Å². The first kappa shape index (κ1) is 16.6. The Morgan fingerprint density at radius 3 is 2.88 bits per heavy atom. The third-order valence-corrected chi connectivity index (χ3v) is 4.47. The van der Waals surface area contributed by atoms with Crippen LogP contribution < -0.4 is 5.32 Å². The molecule has 4 rings (SSSR count). The van der Waals surface area contributed by atoms with Crippen LogP contribution in [0.1, 0.15) is 39.2 Å². The van der Waals surface area contributed by atoms with Gasteiger partial charge in [-0.25, -0.2) is 0 Å². The van der Waals surface area contributed by atoms with E-state index in [0.717, 1.165) is 18.7 Å². The van der Waals surface area contributed by atoms with Crippen molar-refractivity contribution in [2.24, 2.45) is 0 Å². The zero-order chi connectivity index (χ0) is 17.9. The number of rotatable bonds is 5. The summed E-state index contributed by atoms with van der Waals surface area (Å²) in [5.74, 6) is 0.789. The molecule has 2 aromatic heterocycles. The average molecular weight is 351 g/mol. The lowest BCUT2D eigenvalue weighted by atomic mass is 10.1. The van der Waals surface area contributed by atoms with Crippen LogP contribution in [0.2, 0.25) is 0 Å². The van der Waals surface area contributed by atoms with Gasteiger partial charge >= 0.3 is 0 Å². The maximum Gasteiger partial charge on any atom is 0.287 e. The molecule has 0 spiro atoms. The van der Waals surface area contributed by atoms with Crippen molar-refractivity contribution in [2.45, 2.75) is 26.0 Å². The van der Waals surface area contributed by atoms with E-state index in [2.05, 4.69) is 23.6 Å². The fourth-order valence-electron chi connectivity index (χ4n) is 3.17. The van der Waals surface area contributed by atoms with Crippen LogP contribution in [-0.2, 0) is 17.7 Å². The van der Waals surface area contributed by atoms with Crippen LogP contribution in [0.4, 0.5) is 0 Å². The highest BCUT2D eigenvalue weighted by Gasteiger charge is 2.25. The molecule has 0 fully saturated rings. The average Bonchev–Trinajstić information content (AvgIpc) is 3.26. The molecule has 0 bridgehead atoms. The number of nitrogens with zero attached hydrogens (tertiary/aromatic N) is 2. The molecule has 1 unspecified atom stereocenters. The first-order chi connectivity index (χ1) is 12.7. The van der Waals surface area contributed by atoms with Gasteiger partial charge in [-0.2, -0.15) is 5.10 Å². The monoisotopic (exact) mass is 351 g/mol. The summed E-state index contributed by atoms with van der Waals surface area (Å²) in [5.41, 5.74) is 3.29. The van der Waals surface area contributed by atoms with Crippen LogP contribution in [0.3, 0.4) is 0 Å². The van der Waals surface area contributed by atoms with E-state index in [0.29, 0.717) is 24.7 Å². The lowest BCUT2D eigenvalue weighted by Crippen LogP contribution is -2.31. The Balaban J connectivity index is 1.44. The number of hydrogen-bond acceptors (Lipinski definition) is 4. The number of amides is 1. The topological polar surface area (TPSA) is 69.3 Å². The number of aromatic nitrogens is 2. The second-order valence-electron chi connectivity index (χ2n) is 6.45. The Bertz CT molecular complexity index is 898. The maximum absolute atomic E-state index is 12.2. The van der Waals surface area contributed by atoms with E-state index in [-0.39, 0.29) is 12.0 Å². The molecule has 1 aliphatic rings. The number of carbonyl (C=O) groups is 1. The molecule has 3 heterocycles. The standard InChI is InChI=1S/C20H21N3O3/c1-14-7-8-17(26-14)20(24)21-11-18-19-16(9-10-25-18)13-23(22-19)12-15-5-3-2-4-6-15/h2-8,13,18H,9-12H2,1H3,(H,21,24). The van der Waals surface area contributed by atoms with Crippen LogP contribution in [0.25, 0.3) is 0 Å². The van der Waals surface area contributed by atoms with Crippen molar-refractivity contribution >= 4 is 5.91 Å². The third-order valence-electron chi connectivity index (χ3n) is 4.47. The number of nitrogens with one attached hydrogen (secondary N) is 1. The van der Waals surface area contributed by atoms with Crippen LogP contribution in [0, 0.1) is 6.92 Å². The summed E-state index contributed by atoms with van der Waals surface area (Å²) < 4.78 is 13.1. The Morgan fingerprint density at radius 2 is 2.12 bits per heavy atom. The first-order valence-corrected chi connectivity index (χ1v) is 8.75. The second kappa shape index (κ2) is 7.17. The Morgan fingerprint density at radius 1 is 1.27 bits per heavy atom. The molecule has 134 valence electrons. The fourth-order valence-corrected chi connectivity index (χ4v) is 3.17. The second-order valence-corrected chi connectivity index (χ2v) is 6.45. The summed E-state index contributed by atoms with van der Waals surface area (Å²) in [6.45, 7) is 3.53. The molecule has 1 atom stereocenters. The van der Waals surface area contributed by atoms with Crippen LogP contribution in [0.5, 0.6) is 0 Å². The van der Waals surface area contributed by atoms with Gasteiger partial charge in [0.1, 0.15) is 11.9 Å². The molecule has 1 aromatic carbocycles. The van der Waals surface area contributed by atoms with Crippen molar-refractivity contribution in [3.63, 3.8) is 0 Å². The highest BCUT2D eigenvalue weighted by atomic mass is 16.5. The molecule has 0 aliphatic carbocycles. The highest BCUT2D eigenvalue weighted by Crippen LogP contribution is 2.25. The number of carbonyl (C=O) groups excluding carboxylic acids is 1. The molecule has 6 heteroatoms. The quantitative estimate of drug-likeness (QED) is 0.767. The van der Waals surface area contributed by atoms with Gasteiger partial charge in [-0.15, -0.1) is 0 Å².